The molecule has 6 heteroatoms. The molecule has 0 aliphatic rings. The summed E-state index contributed by atoms with van der Waals surface area (Å²) in [6.45, 7) is 0. The van der Waals surface area contributed by atoms with Crippen molar-refractivity contribution >= 4 is 24.1 Å². The quantitative estimate of drug-likeness (QED) is 0.281. The van der Waals surface area contributed by atoms with E-state index in [0.717, 1.165) is 5.56 Å². The van der Waals surface area contributed by atoms with Gasteiger partial charge in [-0.25, -0.2) is 5.43 Å². The van der Waals surface area contributed by atoms with Crippen LogP contribution < -0.4 is 10.7 Å². The topological polar surface area (TPSA) is 83.7 Å². The Hall–Kier alpha value is -4.19. The summed E-state index contributed by atoms with van der Waals surface area (Å²) in [6, 6.07) is 21.7. The van der Waals surface area contributed by atoms with E-state index in [0.29, 0.717) is 11.3 Å². The van der Waals surface area contributed by atoms with Gasteiger partial charge in [0.1, 0.15) is 11.5 Å². The first-order valence-corrected chi connectivity index (χ1v) is 8.89. The fourth-order valence-electron chi connectivity index (χ4n) is 2.36. The Balaban J connectivity index is 1.74. The number of allylic oxidation sites excluding steroid dienone is 2. The standard InChI is InChI=1S/C23H19N3O3/c27-22(19-12-5-2-6-13-19)25-21(15-7-11-18-9-3-1-4-10-18)23(28)26-24-17-20-14-8-16-29-20/h1-17H,(H,25,27)(H,26,28). The van der Waals surface area contributed by atoms with E-state index in [9.17, 15) is 9.59 Å². The van der Waals surface area contributed by atoms with Gasteiger partial charge in [-0.3, -0.25) is 9.59 Å². The zero-order valence-electron chi connectivity index (χ0n) is 15.5. The molecular weight excluding hydrogens is 366 g/mol. The van der Waals surface area contributed by atoms with Gasteiger partial charge in [0.05, 0.1) is 12.5 Å². The lowest BCUT2D eigenvalue weighted by atomic mass is 10.2. The Kier molecular flexibility index (Phi) is 6.90. The second-order valence-electron chi connectivity index (χ2n) is 5.88. The van der Waals surface area contributed by atoms with E-state index >= 15 is 0 Å². The van der Waals surface area contributed by atoms with Crippen molar-refractivity contribution in [2.45, 2.75) is 0 Å². The normalized spacial score (nSPS) is 11.7. The molecule has 0 saturated heterocycles. The molecule has 3 rings (SSSR count). The molecule has 29 heavy (non-hydrogen) atoms. The SMILES string of the molecule is O=C(NN=Cc1ccco1)C(=CC=Cc1ccccc1)NC(=O)c1ccccc1. The minimum absolute atomic E-state index is 0.0580. The van der Waals surface area contributed by atoms with Crippen molar-refractivity contribution in [1.82, 2.24) is 10.7 Å². The molecule has 3 aromatic rings. The number of furan rings is 1. The highest BCUT2D eigenvalue weighted by Crippen LogP contribution is 2.04. The summed E-state index contributed by atoms with van der Waals surface area (Å²) >= 11 is 0. The number of carbonyl (C=O) groups is 2. The van der Waals surface area contributed by atoms with Crippen LogP contribution in [0, 0.1) is 0 Å². The second kappa shape index (κ2) is 10.2. The fraction of sp³-hybridized carbons (Fsp3) is 0. The third kappa shape index (κ3) is 6.18. The van der Waals surface area contributed by atoms with Crippen LogP contribution >= 0.6 is 0 Å². The van der Waals surface area contributed by atoms with Crippen molar-refractivity contribution in [3.8, 4) is 0 Å². The highest BCUT2D eigenvalue weighted by molar-refractivity contribution is 6.03. The highest BCUT2D eigenvalue weighted by atomic mass is 16.3. The van der Waals surface area contributed by atoms with Gasteiger partial charge in [0.25, 0.3) is 11.8 Å². The average molecular weight is 385 g/mol. The third-order valence-electron chi connectivity index (χ3n) is 3.78. The number of nitrogens with one attached hydrogen (secondary N) is 2. The predicted octanol–water partition coefficient (Wildman–Crippen LogP) is 3.76. The van der Waals surface area contributed by atoms with Crippen molar-refractivity contribution in [2.75, 3.05) is 0 Å². The lowest BCUT2D eigenvalue weighted by Gasteiger charge is -2.08. The highest BCUT2D eigenvalue weighted by Gasteiger charge is 2.13. The van der Waals surface area contributed by atoms with Crippen molar-refractivity contribution in [2.24, 2.45) is 5.10 Å². The minimum Gasteiger partial charge on any atom is -0.463 e. The predicted molar refractivity (Wildman–Crippen MR) is 112 cm³/mol. The van der Waals surface area contributed by atoms with E-state index in [1.165, 1.54) is 18.6 Å². The van der Waals surface area contributed by atoms with Crippen molar-refractivity contribution in [3.05, 3.63) is 114 Å². The summed E-state index contributed by atoms with van der Waals surface area (Å²) in [6.07, 6.45) is 7.91. The van der Waals surface area contributed by atoms with Gasteiger partial charge in [-0.15, -0.1) is 0 Å². The van der Waals surface area contributed by atoms with Gasteiger partial charge in [0, 0.05) is 5.56 Å². The van der Waals surface area contributed by atoms with E-state index in [1.807, 2.05) is 42.5 Å². The van der Waals surface area contributed by atoms with Crippen LogP contribution in [-0.2, 0) is 4.79 Å². The van der Waals surface area contributed by atoms with Crippen LogP contribution in [0.15, 0.2) is 106 Å². The number of amides is 2. The van der Waals surface area contributed by atoms with Gasteiger partial charge >= 0.3 is 0 Å². The third-order valence-corrected chi connectivity index (χ3v) is 3.78. The van der Waals surface area contributed by atoms with E-state index in [-0.39, 0.29) is 5.70 Å². The van der Waals surface area contributed by atoms with Gasteiger partial charge in [-0.05, 0) is 35.9 Å². The van der Waals surface area contributed by atoms with Crippen molar-refractivity contribution in [3.63, 3.8) is 0 Å². The molecule has 0 saturated carbocycles. The number of hydrazone groups is 1. The molecule has 0 fully saturated rings. The summed E-state index contributed by atoms with van der Waals surface area (Å²) in [5.74, 6) is -0.460. The van der Waals surface area contributed by atoms with Gasteiger partial charge in [0.2, 0.25) is 0 Å². The zero-order valence-corrected chi connectivity index (χ0v) is 15.5. The van der Waals surface area contributed by atoms with Gasteiger partial charge in [-0.2, -0.15) is 5.10 Å². The van der Waals surface area contributed by atoms with Crippen LogP contribution in [0.1, 0.15) is 21.7 Å². The molecule has 0 radical (unpaired) electrons. The maximum Gasteiger partial charge on any atom is 0.287 e. The van der Waals surface area contributed by atoms with Gasteiger partial charge < -0.3 is 9.73 Å². The molecule has 1 aromatic heterocycles. The van der Waals surface area contributed by atoms with Gasteiger partial charge in [0.15, 0.2) is 0 Å². The largest absolute Gasteiger partial charge is 0.463 e. The van der Waals surface area contributed by atoms with Crippen molar-refractivity contribution in [1.29, 1.82) is 0 Å². The van der Waals surface area contributed by atoms with E-state index in [1.54, 1.807) is 42.5 Å². The molecule has 2 aromatic carbocycles. The first kappa shape index (κ1) is 19.6. The molecule has 2 amide bonds. The summed E-state index contributed by atoms with van der Waals surface area (Å²) in [4.78, 5) is 25.0. The average Bonchev–Trinajstić information content (AvgIpc) is 3.28. The summed E-state index contributed by atoms with van der Waals surface area (Å²) in [5, 5.41) is 6.47. The van der Waals surface area contributed by atoms with Crippen LogP contribution in [0.4, 0.5) is 0 Å². The molecule has 1 heterocycles. The molecule has 0 bridgehead atoms. The molecule has 0 unspecified atom stereocenters. The van der Waals surface area contributed by atoms with Crippen molar-refractivity contribution < 1.29 is 14.0 Å². The van der Waals surface area contributed by atoms with Crippen LogP contribution in [0.2, 0.25) is 0 Å². The number of benzene rings is 2. The maximum atomic E-state index is 12.5. The molecule has 0 aliphatic carbocycles. The van der Waals surface area contributed by atoms with E-state index in [4.69, 9.17) is 4.42 Å². The number of rotatable bonds is 7. The van der Waals surface area contributed by atoms with Crippen LogP contribution in [-0.4, -0.2) is 18.0 Å². The summed E-state index contributed by atoms with van der Waals surface area (Å²) in [7, 11) is 0. The van der Waals surface area contributed by atoms with Gasteiger partial charge in [-0.1, -0.05) is 60.7 Å². The Morgan fingerprint density at radius 3 is 2.31 bits per heavy atom. The molecule has 0 aliphatic heterocycles. The lowest BCUT2D eigenvalue weighted by molar-refractivity contribution is -0.117. The Bertz CT molecular complexity index is 1020. The first-order chi connectivity index (χ1) is 14.2. The summed E-state index contributed by atoms with van der Waals surface area (Å²) < 4.78 is 5.12. The Labute approximate surface area is 168 Å². The van der Waals surface area contributed by atoms with E-state index < -0.39 is 11.8 Å². The van der Waals surface area contributed by atoms with E-state index in [2.05, 4.69) is 15.8 Å². The molecule has 2 N–H and O–H groups in total. The van der Waals surface area contributed by atoms with Crippen LogP contribution in [0.25, 0.3) is 6.08 Å². The maximum absolute atomic E-state index is 12.5. The molecule has 0 spiro atoms. The fourth-order valence-corrected chi connectivity index (χ4v) is 2.36. The Morgan fingerprint density at radius 1 is 0.897 bits per heavy atom. The number of nitrogens with zero attached hydrogens (tertiary/aromatic N) is 1. The summed E-state index contributed by atoms with van der Waals surface area (Å²) in [5.41, 5.74) is 3.85. The van der Waals surface area contributed by atoms with Crippen LogP contribution in [0.3, 0.4) is 0 Å². The zero-order chi connectivity index (χ0) is 20.3. The second-order valence-corrected chi connectivity index (χ2v) is 5.88. The molecule has 0 atom stereocenters. The molecular formula is C23H19N3O3. The first-order valence-electron chi connectivity index (χ1n) is 8.89. The smallest absolute Gasteiger partial charge is 0.287 e. The lowest BCUT2D eigenvalue weighted by Crippen LogP contribution is -2.32. The number of hydrogen-bond acceptors (Lipinski definition) is 4. The molecule has 144 valence electrons. The van der Waals surface area contributed by atoms with Crippen LogP contribution in [0.5, 0.6) is 0 Å². The Morgan fingerprint density at radius 2 is 1.62 bits per heavy atom. The number of carbonyl (C=O) groups excluding carboxylic acids is 2. The minimum atomic E-state index is -0.560. The molecule has 6 nitrogen and oxygen atoms in total. The monoisotopic (exact) mass is 385 g/mol. The number of hydrogen-bond donors (Lipinski definition) is 2.